The molecule has 1 saturated heterocycles. The van der Waals surface area contributed by atoms with Gasteiger partial charge in [0, 0.05) is 16.1 Å². The summed E-state index contributed by atoms with van der Waals surface area (Å²) in [6.45, 7) is 3.50. The molecule has 2 heterocycles. The highest BCUT2D eigenvalue weighted by molar-refractivity contribution is 7.97. The van der Waals surface area contributed by atoms with E-state index in [1.165, 1.54) is 0 Å². The fourth-order valence-corrected chi connectivity index (χ4v) is 3.39. The second kappa shape index (κ2) is 8.60. The molecule has 0 atom stereocenters. The molecule has 8 heteroatoms. The third-order valence-electron chi connectivity index (χ3n) is 4.46. The molecule has 0 saturated carbocycles. The molecule has 0 aliphatic carbocycles. The summed E-state index contributed by atoms with van der Waals surface area (Å²) in [6.07, 6.45) is 1.57. The van der Waals surface area contributed by atoms with Gasteiger partial charge in [-0.1, -0.05) is 29.8 Å². The summed E-state index contributed by atoms with van der Waals surface area (Å²) in [6, 6.07) is 15.8. The molecule has 0 bridgehead atoms. The van der Waals surface area contributed by atoms with Crippen LogP contribution in [-0.4, -0.2) is 35.1 Å². The Labute approximate surface area is 173 Å². The van der Waals surface area contributed by atoms with Crippen LogP contribution in [0.5, 0.6) is 0 Å². The smallest absolute Gasteiger partial charge is 0.278 e. The Morgan fingerprint density at radius 2 is 1.86 bits per heavy atom. The van der Waals surface area contributed by atoms with Gasteiger partial charge in [-0.15, -0.1) is 0 Å². The number of nitrogens with one attached hydrogen (secondary N) is 2. The van der Waals surface area contributed by atoms with E-state index < -0.39 is 5.91 Å². The summed E-state index contributed by atoms with van der Waals surface area (Å²) in [4.78, 5) is 22.3. The molecular weight excluding hydrogens is 386 g/mol. The summed E-state index contributed by atoms with van der Waals surface area (Å²) in [7, 11) is 0. The number of hydrogen-bond acceptors (Lipinski definition) is 7. The number of nitrogens with zero attached hydrogens (tertiary/aromatic N) is 2. The Kier molecular flexibility index (Phi) is 5.75. The second-order valence-electron chi connectivity index (χ2n) is 6.79. The van der Waals surface area contributed by atoms with Crippen LogP contribution in [0.25, 0.3) is 11.3 Å². The Morgan fingerprint density at radius 3 is 2.52 bits per heavy atom. The van der Waals surface area contributed by atoms with Crippen molar-refractivity contribution >= 4 is 29.4 Å². The normalized spacial score (nSPS) is 13.7. The number of ether oxygens (including phenoxy) is 1. The average Bonchev–Trinajstić information content (AvgIpc) is 2.69. The fourth-order valence-electron chi connectivity index (χ4n) is 2.68. The fraction of sp³-hybridized carbons (Fsp3) is 0.190. The van der Waals surface area contributed by atoms with Gasteiger partial charge in [-0.05, 0) is 43.1 Å². The van der Waals surface area contributed by atoms with Crippen LogP contribution in [0.4, 0.5) is 11.5 Å². The van der Waals surface area contributed by atoms with Crippen molar-refractivity contribution in [1.29, 1.82) is 0 Å². The Bertz CT molecular complexity index is 1000. The number of hydrogen-bond donors (Lipinski definition) is 3. The van der Waals surface area contributed by atoms with Crippen molar-refractivity contribution in [2.24, 2.45) is 0 Å². The molecule has 1 aromatic heterocycles. The number of rotatable bonds is 6. The van der Waals surface area contributed by atoms with E-state index in [4.69, 9.17) is 10.5 Å². The SMILES string of the molecule is Cc1ccc(-c2cnc(N)c(C(=O)Nc3ccc(SNC4COC4)cc3)n2)cc1. The first-order valence-electron chi connectivity index (χ1n) is 9.19. The predicted molar refractivity (Wildman–Crippen MR) is 115 cm³/mol. The van der Waals surface area contributed by atoms with E-state index in [0.29, 0.717) is 17.4 Å². The first-order valence-corrected chi connectivity index (χ1v) is 10.0. The van der Waals surface area contributed by atoms with Crippen molar-refractivity contribution in [2.75, 3.05) is 24.3 Å². The van der Waals surface area contributed by atoms with E-state index in [1.54, 1.807) is 18.1 Å². The van der Waals surface area contributed by atoms with Crippen LogP contribution < -0.4 is 15.8 Å². The number of carbonyl (C=O) groups is 1. The van der Waals surface area contributed by atoms with Crippen LogP contribution in [0.1, 0.15) is 16.1 Å². The van der Waals surface area contributed by atoms with Crippen molar-refractivity contribution in [1.82, 2.24) is 14.7 Å². The monoisotopic (exact) mass is 407 g/mol. The number of benzene rings is 2. The summed E-state index contributed by atoms with van der Waals surface area (Å²) in [5, 5.41) is 2.83. The molecule has 0 radical (unpaired) electrons. The quantitative estimate of drug-likeness (QED) is 0.539. The summed E-state index contributed by atoms with van der Waals surface area (Å²) in [5.74, 6) is -0.299. The van der Waals surface area contributed by atoms with Crippen molar-refractivity contribution in [3.63, 3.8) is 0 Å². The van der Waals surface area contributed by atoms with Crippen LogP contribution >= 0.6 is 11.9 Å². The van der Waals surface area contributed by atoms with E-state index in [2.05, 4.69) is 20.0 Å². The maximum absolute atomic E-state index is 12.7. The molecule has 29 heavy (non-hydrogen) atoms. The lowest BCUT2D eigenvalue weighted by molar-refractivity contribution is 0.00600. The summed E-state index contributed by atoms with van der Waals surface area (Å²) in [5.41, 5.74) is 9.29. The number of carbonyl (C=O) groups excluding carboxylic acids is 1. The number of nitrogens with two attached hydrogens (primary N) is 1. The molecular formula is C21H21N5O2S. The first kappa shape index (κ1) is 19.4. The Balaban J connectivity index is 1.44. The lowest BCUT2D eigenvalue weighted by Crippen LogP contribution is -2.42. The summed E-state index contributed by atoms with van der Waals surface area (Å²) >= 11 is 1.55. The number of aromatic nitrogens is 2. The highest BCUT2D eigenvalue weighted by atomic mass is 32.2. The van der Waals surface area contributed by atoms with E-state index in [-0.39, 0.29) is 11.5 Å². The lowest BCUT2D eigenvalue weighted by Gasteiger charge is -2.26. The number of aryl methyl sites for hydroxylation is 1. The first-order chi connectivity index (χ1) is 14.1. The van der Waals surface area contributed by atoms with Crippen molar-refractivity contribution < 1.29 is 9.53 Å². The van der Waals surface area contributed by atoms with Gasteiger partial charge >= 0.3 is 0 Å². The van der Waals surface area contributed by atoms with Crippen molar-refractivity contribution in [3.05, 3.63) is 66.0 Å². The van der Waals surface area contributed by atoms with Gasteiger partial charge in [-0.25, -0.2) is 9.97 Å². The molecule has 1 fully saturated rings. The molecule has 7 nitrogen and oxygen atoms in total. The van der Waals surface area contributed by atoms with Gasteiger partial charge < -0.3 is 15.8 Å². The third kappa shape index (κ3) is 4.73. The highest BCUT2D eigenvalue weighted by Gasteiger charge is 2.18. The second-order valence-corrected chi connectivity index (χ2v) is 7.70. The van der Waals surface area contributed by atoms with Gasteiger partial charge in [0.1, 0.15) is 0 Å². The summed E-state index contributed by atoms with van der Waals surface area (Å²) < 4.78 is 8.46. The molecule has 148 valence electrons. The zero-order valence-electron chi connectivity index (χ0n) is 15.9. The molecule has 1 aliphatic heterocycles. The van der Waals surface area contributed by atoms with Gasteiger partial charge in [0.15, 0.2) is 11.5 Å². The maximum atomic E-state index is 12.7. The molecule has 4 N–H and O–H groups in total. The molecule has 4 rings (SSSR count). The topological polar surface area (TPSA) is 102 Å². The van der Waals surface area contributed by atoms with Gasteiger partial charge in [-0.3, -0.25) is 9.52 Å². The van der Waals surface area contributed by atoms with Crippen molar-refractivity contribution in [3.8, 4) is 11.3 Å². The highest BCUT2D eigenvalue weighted by Crippen LogP contribution is 2.22. The van der Waals surface area contributed by atoms with Crippen LogP contribution in [0.2, 0.25) is 0 Å². The largest absolute Gasteiger partial charge is 0.382 e. The van der Waals surface area contributed by atoms with E-state index in [1.807, 2.05) is 55.5 Å². The Hall–Kier alpha value is -2.94. The minimum atomic E-state index is -0.394. The van der Waals surface area contributed by atoms with Crippen LogP contribution in [-0.2, 0) is 4.74 Å². The minimum absolute atomic E-state index is 0.0949. The number of anilines is 2. The Morgan fingerprint density at radius 1 is 1.14 bits per heavy atom. The van der Waals surface area contributed by atoms with Gasteiger partial charge in [0.05, 0.1) is 31.1 Å². The predicted octanol–water partition coefficient (Wildman–Crippen LogP) is 3.28. The standard InChI is InChI=1S/C21H21N5O2S/c1-13-2-4-14(5-3-13)18-10-23-20(22)19(25-18)21(27)24-15-6-8-17(9-7-15)29-26-16-11-28-12-16/h2-10,16,26H,11-12H2,1H3,(H2,22,23)(H,24,27). The number of nitrogen functional groups attached to an aromatic ring is 1. The van der Waals surface area contributed by atoms with E-state index in [0.717, 1.165) is 29.2 Å². The molecule has 1 aliphatic rings. The van der Waals surface area contributed by atoms with Crippen molar-refractivity contribution in [2.45, 2.75) is 17.9 Å². The average molecular weight is 407 g/mol. The van der Waals surface area contributed by atoms with Gasteiger partial charge in [0.25, 0.3) is 5.91 Å². The van der Waals surface area contributed by atoms with Crippen LogP contribution in [0.3, 0.4) is 0 Å². The zero-order chi connectivity index (χ0) is 20.2. The molecule has 3 aromatic rings. The minimum Gasteiger partial charge on any atom is -0.382 e. The lowest BCUT2D eigenvalue weighted by atomic mass is 10.1. The maximum Gasteiger partial charge on any atom is 0.278 e. The molecule has 2 aromatic carbocycles. The third-order valence-corrected chi connectivity index (χ3v) is 5.42. The van der Waals surface area contributed by atoms with Gasteiger partial charge in [-0.2, -0.15) is 0 Å². The van der Waals surface area contributed by atoms with E-state index in [9.17, 15) is 4.79 Å². The molecule has 0 unspecified atom stereocenters. The zero-order valence-corrected chi connectivity index (χ0v) is 16.7. The molecule has 0 spiro atoms. The van der Waals surface area contributed by atoms with E-state index >= 15 is 0 Å². The van der Waals surface area contributed by atoms with Crippen LogP contribution in [0, 0.1) is 6.92 Å². The molecule has 1 amide bonds. The number of amides is 1. The van der Waals surface area contributed by atoms with Crippen LogP contribution in [0.15, 0.2) is 59.6 Å². The van der Waals surface area contributed by atoms with Gasteiger partial charge in [0.2, 0.25) is 0 Å².